The van der Waals surface area contributed by atoms with Gasteiger partial charge in [-0.1, -0.05) is 17.2 Å². The first-order valence-corrected chi connectivity index (χ1v) is 6.64. The van der Waals surface area contributed by atoms with Gasteiger partial charge in [0.2, 0.25) is 0 Å². The van der Waals surface area contributed by atoms with Crippen LogP contribution in [-0.2, 0) is 4.74 Å². The van der Waals surface area contributed by atoms with Crippen LogP contribution < -0.4 is 5.32 Å². The van der Waals surface area contributed by atoms with E-state index in [1.807, 2.05) is 32.0 Å². The van der Waals surface area contributed by atoms with Gasteiger partial charge < -0.3 is 15.2 Å². The Labute approximate surface area is 113 Å². The zero-order valence-electron chi connectivity index (χ0n) is 11.5. The van der Waals surface area contributed by atoms with Crippen molar-refractivity contribution in [2.75, 3.05) is 19.8 Å². The highest BCUT2D eigenvalue weighted by Gasteiger charge is 2.33. The summed E-state index contributed by atoms with van der Waals surface area (Å²) >= 11 is 0. The average molecular weight is 263 g/mol. The van der Waals surface area contributed by atoms with Gasteiger partial charge in [0, 0.05) is 18.8 Å². The quantitative estimate of drug-likeness (QED) is 0.870. The highest BCUT2D eigenvalue weighted by atomic mass is 16.5. The lowest BCUT2D eigenvalue weighted by Crippen LogP contribution is -2.54. The Morgan fingerprint density at radius 3 is 2.37 bits per heavy atom. The van der Waals surface area contributed by atoms with Crippen LogP contribution in [0.15, 0.2) is 18.2 Å². The Morgan fingerprint density at radius 1 is 1.26 bits per heavy atom. The number of ether oxygens (including phenoxy) is 1. The van der Waals surface area contributed by atoms with Crippen LogP contribution >= 0.6 is 0 Å². The topological polar surface area (TPSA) is 58.6 Å². The first-order chi connectivity index (χ1) is 9.04. The molecular formula is C15H21NO3. The van der Waals surface area contributed by atoms with Crippen molar-refractivity contribution in [1.82, 2.24) is 5.32 Å². The van der Waals surface area contributed by atoms with Crippen molar-refractivity contribution < 1.29 is 14.6 Å². The van der Waals surface area contributed by atoms with Gasteiger partial charge in [0.25, 0.3) is 5.91 Å². The van der Waals surface area contributed by atoms with Crippen molar-refractivity contribution in [3.63, 3.8) is 0 Å². The molecular weight excluding hydrogens is 242 g/mol. The Morgan fingerprint density at radius 2 is 1.84 bits per heavy atom. The highest BCUT2D eigenvalue weighted by Crippen LogP contribution is 2.21. The molecule has 0 spiro atoms. The number of benzene rings is 1. The number of nitrogens with one attached hydrogen (secondary N) is 1. The predicted octanol–water partition coefficient (Wildman–Crippen LogP) is 1.57. The number of rotatable bonds is 3. The van der Waals surface area contributed by atoms with Crippen molar-refractivity contribution in [3.8, 4) is 0 Å². The lowest BCUT2D eigenvalue weighted by Gasteiger charge is -2.36. The molecule has 1 heterocycles. The summed E-state index contributed by atoms with van der Waals surface area (Å²) in [6.45, 7) is 5.05. The predicted molar refractivity (Wildman–Crippen MR) is 73.3 cm³/mol. The molecule has 1 saturated heterocycles. The maximum atomic E-state index is 12.3. The number of hydrogen-bond donors (Lipinski definition) is 2. The fourth-order valence-corrected chi connectivity index (χ4v) is 2.50. The molecule has 1 fully saturated rings. The fraction of sp³-hybridized carbons (Fsp3) is 0.533. The molecule has 0 unspecified atom stereocenters. The summed E-state index contributed by atoms with van der Waals surface area (Å²) in [5, 5.41) is 12.6. The van der Waals surface area contributed by atoms with E-state index in [1.165, 1.54) is 0 Å². The SMILES string of the molecule is Cc1cc(C)cc(C(=O)NC2(CO)CCOCC2)c1. The van der Waals surface area contributed by atoms with E-state index >= 15 is 0 Å². The molecule has 4 heteroatoms. The minimum Gasteiger partial charge on any atom is -0.394 e. The van der Waals surface area contributed by atoms with Crippen LogP contribution in [0.3, 0.4) is 0 Å². The number of carbonyl (C=O) groups is 1. The van der Waals surface area contributed by atoms with Crippen LogP contribution in [0, 0.1) is 13.8 Å². The molecule has 0 aromatic heterocycles. The first-order valence-electron chi connectivity index (χ1n) is 6.64. The molecule has 1 aliphatic rings. The molecule has 19 heavy (non-hydrogen) atoms. The van der Waals surface area contributed by atoms with E-state index < -0.39 is 5.54 Å². The molecule has 1 amide bonds. The summed E-state index contributed by atoms with van der Waals surface area (Å²) in [4.78, 5) is 12.3. The maximum absolute atomic E-state index is 12.3. The molecule has 2 N–H and O–H groups in total. The molecule has 4 nitrogen and oxygen atoms in total. The minimum absolute atomic E-state index is 0.0487. The zero-order chi connectivity index (χ0) is 13.9. The van der Waals surface area contributed by atoms with E-state index in [1.54, 1.807) is 0 Å². The van der Waals surface area contributed by atoms with Crippen LogP contribution in [0.5, 0.6) is 0 Å². The van der Waals surface area contributed by atoms with E-state index in [4.69, 9.17) is 4.74 Å². The lowest BCUT2D eigenvalue weighted by atomic mass is 9.90. The fourth-order valence-electron chi connectivity index (χ4n) is 2.50. The molecule has 1 aromatic rings. The number of hydrogen-bond acceptors (Lipinski definition) is 3. The number of amides is 1. The molecule has 1 aromatic carbocycles. The first kappa shape index (κ1) is 14.0. The lowest BCUT2D eigenvalue weighted by molar-refractivity contribution is 0.0125. The van der Waals surface area contributed by atoms with Gasteiger partial charge >= 0.3 is 0 Å². The van der Waals surface area contributed by atoms with Gasteiger partial charge in [0.05, 0.1) is 12.1 Å². The second kappa shape index (κ2) is 5.72. The van der Waals surface area contributed by atoms with Crippen molar-refractivity contribution in [2.24, 2.45) is 0 Å². The largest absolute Gasteiger partial charge is 0.394 e. The monoisotopic (exact) mass is 263 g/mol. The normalized spacial score (nSPS) is 18.1. The summed E-state index contributed by atoms with van der Waals surface area (Å²) in [5.41, 5.74) is 2.25. The summed E-state index contributed by atoms with van der Waals surface area (Å²) in [5.74, 6) is -0.122. The second-order valence-electron chi connectivity index (χ2n) is 5.38. The van der Waals surface area contributed by atoms with Crippen molar-refractivity contribution in [1.29, 1.82) is 0 Å². The summed E-state index contributed by atoms with van der Waals surface area (Å²) < 4.78 is 5.29. The van der Waals surface area contributed by atoms with Gasteiger partial charge in [-0.15, -0.1) is 0 Å². The molecule has 0 radical (unpaired) electrons. The summed E-state index contributed by atoms with van der Waals surface area (Å²) in [7, 11) is 0. The Hall–Kier alpha value is -1.39. The maximum Gasteiger partial charge on any atom is 0.251 e. The summed E-state index contributed by atoms with van der Waals surface area (Å²) in [6.07, 6.45) is 1.31. The summed E-state index contributed by atoms with van der Waals surface area (Å²) in [6, 6.07) is 5.77. The molecule has 0 bridgehead atoms. The minimum atomic E-state index is -0.535. The van der Waals surface area contributed by atoms with Crippen LogP contribution in [0.4, 0.5) is 0 Å². The van der Waals surface area contributed by atoms with Gasteiger partial charge in [-0.05, 0) is 38.8 Å². The average Bonchev–Trinajstić information content (AvgIpc) is 2.38. The van der Waals surface area contributed by atoms with Gasteiger partial charge in [0.1, 0.15) is 0 Å². The molecule has 0 saturated carbocycles. The smallest absolute Gasteiger partial charge is 0.251 e. The highest BCUT2D eigenvalue weighted by molar-refractivity contribution is 5.95. The van der Waals surface area contributed by atoms with Crippen LogP contribution in [-0.4, -0.2) is 36.4 Å². The Kier molecular flexibility index (Phi) is 4.22. The molecule has 2 rings (SSSR count). The van der Waals surface area contributed by atoms with Gasteiger partial charge in [0.15, 0.2) is 0 Å². The van der Waals surface area contributed by atoms with Crippen molar-refractivity contribution >= 4 is 5.91 Å². The number of aliphatic hydroxyl groups excluding tert-OH is 1. The van der Waals surface area contributed by atoms with Crippen LogP contribution in [0.1, 0.15) is 34.3 Å². The molecule has 0 aliphatic carbocycles. The van der Waals surface area contributed by atoms with E-state index in [0.717, 1.165) is 11.1 Å². The van der Waals surface area contributed by atoms with Gasteiger partial charge in [-0.25, -0.2) is 0 Å². The third-order valence-corrected chi connectivity index (χ3v) is 3.62. The number of aryl methyl sites for hydroxylation is 2. The van der Waals surface area contributed by atoms with E-state index in [-0.39, 0.29) is 12.5 Å². The van der Waals surface area contributed by atoms with Crippen LogP contribution in [0.25, 0.3) is 0 Å². The van der Waals surface area contributed by atoms with Gasteiger partial charge in [-0.2, -0.15) is 0 Å². The third kappa shape index (κ3) is 3.33. The van der Waals surface area contributed by atoms with E-state index in [9.17, 15) is 9.90 Å². The molecule has 1 aliphatic heterocycles. The zero-order valence-corrected chi connectivity index (χ0v) is 11.5. The standard InChI is InChI=1S/C15H21NO3/c1-11-7-12(2)9-13(8-11)14(18)16-15(10-17)3-5-19-6-4-15/h7-9,17H,3-6,10H2,1-2H3,(H,16,18). The van der Waals surface area contributed by atoms with E-state index in [2.05, 4.69) is 5.32 Å². The van der Waals surface area contributed by atoms with Gasteiger partial charge in [-0.3, -0.25) is 4.79 Å². The second-order valence-corrected chi connectivity index (χ2v) is 5.38. The Balaban J connectivity index is 2.15. The third-order valence-electron chi connectivity index (χ3n) is 3.62. The van der Waals surface area contributed by atoms with E-state index in [0.29, 0.717) is 31.6 Å². The number of aliphatic hydroxyl groups is 1. The van der Waals surface area contributed by atoms with Crippen LogP contribution in [0.2, 0.25) is 0 Å². The number of carbonyl (C=O) groups excluding carboxylic acids is 1. The van der Waals surface area contributed by atoms with Crippen molar-refractivity contribution in [3.05, 3.63) is 34.9 Å². The van der Waals surface area contributed by atoms with Crippen molar-refractivity contribution in [2.45, 2.75) is 32.2 Å². The molecule has 104 valence electrons. The Bertz CT molecular complexity index is 444. The molecule has 0 atom stereocenters.